The van der Waals surface area contributed by atoms with Gasteiger partial charge < -0.3 is 20.9 Å². The number of hydrogen-bond donors (Lipinski definition) is 4. The number of carboxylic acid groups (broad SMARTS) is 1. The van der Waals surface area contributed by atoms with Crippen LogP contribution in [-0.4, -0.2) is 23.1 Å². The third-order valence-electron chi connectivity index (χ3n) is 4.52. The number of carboxylic acids is 1. The number of amides is 2. The lowest BCUT2D eigenvalue weighted by Crippen LogP contribution is -2.16. The highest BCUT2D eigenvalue weighted by atomic mass is 35.5. The van der Waals surface area contributed by atoms with Crippen LogP contribution < -0.4 is 16.4 Å². The zero-order chi connectivity index (χ0) is 23.8. The number of nitrogens with one attached hydrogen (secondary N) is 2. The van der Waals surface area contributed by atoms with Crippen LogP contribution in [0.1, 0.15) is 27.0 Å². The summed E-state index contributed by atoms with van der Waals surface area (Å²) in [4.78, 5) is 36.0. The molecule has 0 saturated heterocycles. The number of ether oxygens (including phenoxy) is 1. The number of carbonyl (C=O) groups excluding carboxylic acids is 2. The second-order valence-electron chi connectivity index (χ2n) is 7.18. The van der Waals surface area contributed by atoms with Gasteiger partial charge in [0.1, 0.15) is 6.61 Å². The lowest BCUT2D eigenvalue weighted by molar-refractivity contribution is -0.136. The van der Waals surface area contributed by atoms with E-state index in [4.69, 9.17) is 27.2 Å². The van der Waals surface area contributed by atoms with Gasteiger partial charge in [0.2, 0.25) is 0 Å². The van der Waals surface area contributed by atoms with Crippen LogP contribution in [0.2, 0.25) is 5.02 Å². The Morgan fingerprint density at radius 3 is 2.27 bits per heavy atom. The molecule has 0 aliphatic carbocycles. The summed E-state index contributed by atoms with van der Waals surface area (Å²) in [6.45, 7) is 0.281. The van der Waals surface area contributed by atoms with Gasteiger partial charge >= 0.3 is 12.1 Å². The van der Waals surface area contributed by atoms with E-state index in [1.807, 2.05) is 30.3 Å². The summed E-state index contributed by atoms with van der Waals surface area (Å²) < 4.78 is 5.18. The molecule has 3 aromatic carbocycles. The van der Waals surface area contributed by atoms with E-state index in [1.165, 1.54) is 18.2 Å². The van der Waals surface area contributed by atoms with Crippen LogP contribution in [0.3, 0.4) is 0 Å². The SMILES string of the molecule is NCc1cc(CC(=O)O)cc(NC(=O)c2cc(Cl)cc(NC(=O)OCc3ccccc3)c2)c1. The van der Waals surface area contributed by atoms with Crippen molar-refractivity contribution in [1.82, 2.24) is 0 Å². The van der Waals surface area contributed by atoms with Crippen molar-refractivity contribution < 1.29 is 24.2 Å². The molecular weight excluding hydrogens is 446 g/mol. The molecule has 3 rings (SSSR count). The number of rotatable bonds is 8. The minimum absolute atomic E-state index is 0.0940. The average Bonchev–Trinajstić information content (AvgIpc) is 2.77. The van der Waals surface area contributed by atoms with E-state index in [1.54, 1.807) is 18.2 Å². The fourth-order valence-corrected chi connectivity index (χ4v) is 3.34. The topological polar surface area (TPSA) is 131 Å². The van der Waals surface area contributed by atoms with Gasteiger partial charge in [0.15, 0.2) is 0 Å². The Kier molecular flexibility index (Phi) is 8.01. The summed E-state index contributed by atoms with van der Waals surface area (Å²) in [5.41, 5.74) is 8.58. The van der Waals surface area contributed by atoms with Gasteiger partial charge in [0.25, 0.3) is 5.91 Å². The Hall–Kier alpha value is -3.88. The minimum atomic E-state index is -0.994. The summed E-state index contributed by atoms with van der Waals surface area (Å²) >= 11 is 6.13. The van der Waals surface area contributed by atoms with Gasteiger partial charge in [-0.1, -0.05) is 48.0 Å². The Morgan fingerprint density at radius 2 is 1.58 bits per heavy atom. The second-order valence-corrected chi connectivity index (χ2v) is 7.62. The van der Waals surface area contributed by atoms with Gasteiger partial charge in [-0.3, -0.25) is 14.9 Å². The maximum Gasteiger partial charge on any atom is 0.411 e. The summed E-state index contributed by atoms with van der Waals surface area (Å²) in [7, 11) is 0. The molecule has 0 unspecified atom stereocenters. The molecule has 0 fully saturated rings. The van der Waals surface area contributed by atoms with Crippen molar-refractivity contribution in [2.75, 3.05) is 10.6 Å². The molecule has 0 atom stereocenters. The zero-order valence-corrected chi connectivity index (χ0v) is 18.3. The van der Waals surface area contributed by atoms with Crippen molar-refractivity contribution in [3.8, 4) is 0 Å². The van der Waals surface area contributed by atoms with Gasteiger partial charge in [0.05, 0.1) is 6.42 Å². The highest BCUT2D eigenvalue weighted by Crippen LogP contribution is 2.22. The first-order valence-corrected chi connectivity index (χ1v) is 10.3. The van der Waals surface area contributed by atoms with E-state index in [0.29, 0.717) is 16.8 Å². The van der Waals surface area contributed by atoms with E-state index in [9.17, 15) is 14.4 Å². The minimum Gasteiger partial charge on any atom is -0.481 e. The molecule has 0 radical (unpaired) electrons. The van der Waals surface area contributed by atoms with Crippen molar-refractivity contribution in [1.29, 1.82) is 0 Å². The molecule has 0 saturated carbocycles. The standard InChI is InChI=1S/C24H22ClN3O5/c25-19-10-18(11-21(12-19)28-24(32)33-14-15-4-2-1-3-5-15)23(31)27-20-7-16(9-22(29)30)6-17(8-20)13-26/h1-8,10-12H,9,13-14,26H2,(H,27,31)(H,28,32)(H,29,30). The van der Waals surface area contributed by atoms with Gasteiger partial charge in [-0.15, -0.1) is 0 Å². The highest BCUT2D eigenvalue weighted by molar-refractivity contribution is 6.31. The number of nitrogens with two attached hydrogens (primary N) is 1. The van der Waals surface area contributed by atoms with Gasteiger partial charge in [-0.05, 0) is 47.0 Å². The number of benzene rings is 3. The summed E-state index contributed by atoms with van der Waals surface area (Å²) in [5, 5.41) is 14.5. The molecule has 8 nitrogen and oxygen atoms in total. The predicted octanol–water partition coefficient (Wildman–Crippen LogP) is 4.43. The molecule has 0 aliphatic heterocycles. The monoisotopic (exact) mass is 467 g/mol. The van der Waals surface area contributed by atoms with E-state index < -0.39 is 18.0 Å². The Morgan fingerprint density at radius 1 is 0.879 bits per heavy atom. The zero-order valence-electron chi connectivity index (χ0n) is 17.5. The summed E-state index contributed by atoms with van der Waals surface area (Å²) in [6.07, 6.45) is -0.894. The lowest BCUT2D eigenvalue weighted by atomic mass is 10.1. The van der Waals surface area contributed by atoms with Crippen molar-refractivity contribution in [3.63, 3.8) is 0 Å². The molecule has 0 spiro atoms. The first-order chi connectivity index (χ1) is 15.8. The van der Waals surface area contributed by atoms with Crippen LogP contribution in [0, 0.1) is 0 Å². The van der Waals surface area contributed by atoms with Crippen LogP contribution in [-0.2, 0) is 29.1 Å². The van der Waals surface area contributed by atoms with Gasteiger partial charge in [0, 0.05) is 28.5 Å². The number of anilines is 2. The van der Waals surface area contributed by atoms with E-state index in [2.05, 4.69) is 10.6 Å². The maximum atomic E-state index is 12.8. The Balaban J connectivity index is 1.70. The van der Waals surface area contributed by atoms with E-state index in [-0.39, 0.29) is 35.8 Å². The first kappa shape index (κ1) is 23.8. The molecule has 9 heteroatoms. The van der Waals surface area contributed by atoms with Crippen LogP contribution in [0.4, 0.5) is 16.2 Å². The van der Waals surface area contributed by atoms with Crippen LogP contribution >= 0.6 is 11.6 Å². The largest absolute Gasteiger partial charge is 0.481 e. The molecule has 0 heterocycles. The van der Waals surface area contributed by atoms with Crippen LogP contribution in [0.15, 0.2) is 66.7 Å². The fourth-order valence-electron chi connectivity index (χ4n) is 3.10. The fraction of sp³-hybridized carbons (Fsp3) is 0.125. The first-order valence-electron chi connectivity index (χ1n) is 9.97. The third kappa shape index (κ3) is 7.34. The average molecular weight is 468 g/mol. The molecule has 170 valence electrons. The van der Waals surface area contributed by atoms with Crippen molar-refractivity contribution in [2.24, 2.45) is 5.73 Å². The van der Waals surface area contributed by atoms with Gasteiger partial charge in [-0.25, -0.2) is 4.79 Å². The quantitative estimate of drug-likeness (QED) is 0.387. The third-order valence-corrected chi connectivity index (χ3v) is 4.74. The molecule has 0 aliphatic rings. The number of aliphatic carboxylic acids is 1. The second kappa shape index (κ2) is 11.1. The molecule has 5 N–H and O–H groups in total. The smallest absolute Gasteiger partial charge is 0.411 e. The van der Waals surface area contributed by atoms with Crippen molar-refractivity contribution in [3.05, 3.63) is 94.0 Å². The van der Waals surface area contributed by atoms with Crippen molar-refractivity contribution in [2.45, 2.75) is 19.6 Å². The van der Waals surface area contributed by atoms with E-state index >= 15 is 0 Å². The van der Waals surface area contributed by atoms with Crippen molar-refractivity contribution >= 4 is 40.9 Å². The highest BCUT2D eigenvalue weighted by Gasteiger charge is 2.13. The number of halogens is 1. The predicted molar refractivity (Wildman–Crippen MR) is 125 cm³/mol. The Labute approximate surface area is 195 Å². The van der Waals surface area contributed by atoms with E-state index in [0.717, 1.165) is 5.56 Å². The molecule has 3 aromatic rings. The molecular formula is C24H22ClN3O5. The lowest BCUT2D eigenvalue weighted by Gasteiger charge is -2.12. The normalized spacial score (nSPS) is 10.4. The maximum absolute atomic E-state index is 12.8. The van der Waals surface area contributed by atoms with Gasteiger partial charge in [-0.2, -0.15) is 0 Å². The molecule has 0 bridgehead atoms. The summed E-state index contributed by atoms with van der Waals surface area (Å²) in [6, 6.07) is 18.5. The van der Waals surface area contributed by atoms with Crippen LogP contribution in [0.25, 0.3) is 0 Å². The molecule has 33 heavy (non-hydrogen) atoms. The number of hydrogen-bond acceptors (Lipinski definition) is 5. The number of carbonyl (C=O) groups is 3. The Bertz CT molecular complexity index is 1170. The molecule has 2 amide bonds. The molecule has 0 aromatic heterocycles. The summed E-state index contributed by atoms with van der Waals surface area (Å²) in [5.74, 6) is -1.49. The van der Waals surface area contributed by atoms with Crippen LogP contribution in [0.5, 0.6) is 0 Å².